The van der Waals surface area contributed by atoms with Crippen molar-refractivity contribution >= 4 is 11.8 Å². The molecule has 1 saturated carbocycles. The van der Waals surface area contributed by atoms with Crippen LogP contribution in [0.15, 0.2) is 42.5 Å². The summed E-state index contributed by atoms with van der Waals surface area (Å²) in [6.07, 6.45) is 3.62. The smallest absolute Gasteiger partial charge is 0.254 e. The van der Waals surface area contributed by atoms with E-state index < -0.39 is 11.6 Å². The van der Waals surface area contributed by atoms with Crippen LogP contribution in [-0.2, 0) is 6.54 Å². The summed E-state index contributed by atoms with van der Waals surface area (Å²) in [5, 5.41) is 0. The van der Waals surface area contributed by atoms with Gasteiger partial charge in [-0.2, -0.15) is 0 Å². The minimum Gasteiger partial charge on any atom is -0.339 e. The summed E-state index contributed by atoms with van der Waals surface area (Å²) in [7, 11) is 0. The Balaban J connectivity index is 1.85. The molecule has 6 heteroatoms. The highest BCUT2D eigenvalue weighted by Crippen LogP contribution is 2.28. The molecule has 2 aromatic carbocycles. The van der Waals surface area contributed by atoms with E-state index in [1.165, 1.54) is 18.2 Å². The van der Waals surface area contributed by atoms with Crippen molar-refractivity contribution < 1.29 is 18.4 Å². The first-order valence-corrected chi connectivity index (χ1v) is 10.6. The van der Waals surface area contributed by atoms with Crippen LogP contribution >= 0.6 is 0 Å². The molecule has 0 bridgehead atoms. The fraction of sp³-hybridized carbons (Fsp3) is 0.417. The summed E-state index contributed by atoms with van der Waals surface area (Å²) in [6.45, 7) is 4.95. The van der Waals surface area contributed by atoms with Crippen molar-refractivity contribution in [3.8, 4) is 0 Å². The van der Waals surface area contributed by atoms with Gasteiger partial charge in [0.1, 0.15) is 11.6 Å². The molecule has 3 rings (SSSR count). The molecule has 160 valence electrons. The molecule has 0 aromatic heterocycles. The summed E-state index contributed by atoms with van der Waals surface area (Å²) in [6, 6.07) is 10.2. The highest BCUT2D eigenvalue weighted by molar-refractivity contribution is 5.98. The molecule has 1 aliphatic rings. The topological polar surface area (TPSA) is 40.6 Å². The molecule has 4 nitrogen and oxygen atoms in total. The van der Waals surface area contributed by atoms with Crippen LogP contribution in [0.3, 0.4) is 0 Å². The van der Waals surface area contributed by atoms with Gasteiger partial charge in [-0.3, -0.25) is 9.59 Å². The lowest BCUT2D eigenvalue weighted by Crippen LogP contribution is -2.39. The second kappa shape index (κ2) is 9.83. The molecule has 0 heterocycles. The second-order valence-electron chi connectivity index (χ2n) is 7.63. The Morgan fingerprint density at radius 2 is 1.37 bits per heavy atom. The van der Waals surface area contributed by atoms with Crippen LogP contribution in [0, 0.1) is 11.6 Å². The van der Waals surface area contributed by atoms with Gasteiger partial charge in [-0.25, -0.2) is 8.78 Å². The molecule has 0 unspecified atom stereocenters. The van der Waals surface area contributed by atoms with Gasteiger partial charge < -0.3 is 9.80 Å². The van der Waals surface area contributed by atoms with Gasteiger partial charge in [-0.15, -0.1) is 0 Å². The van der Waals surface area contributed by atoms with E-state index in [4.69, 9.17) is 0 Å². The van der Waals surface area contributed by atoms with Crippen LogP contribution in [0.5, 0.6) is 0 Å². The molecule has 2 aromatic rings. The Bertz CT molecular complexity index is 868. The number of rotatable bonds is 7. The van der Waals surface area contributed by atoms with E-state index in [0.717, 1.165) is 25.7 Å². The van der Waals surface area contributed by atoms with E-state index in [1.807, 2.05) is 13.8 Å². The van der Waals surface area contributed by atoms with Crippen LogP contribution < -0.4 is 0 Å². The van der Waals surface area contributed by atoms with Gasteiger partial charge in [-0.05, 0) is 63.1 Å². The van der Waals surface area contributed by atoms with Crippen molar-refractivity contribution in [2.45, 2.75) is 52.1 Å². The van der Waals surface area contributed by atoms with Crippen LogP contribution in [-0.4, -0.2) is 40.7 Å². The normalized spacial score (nSPS) is 14.0. The molecule has 1 fully saturated rings. The fourth-order valence-corrected chi connectivity index (χ4v) is 4.05. The predicted molar refractivity (Wildman–Crippen MR) is 112 cm³/mol. The van der Waals surface area contributed by atoms with Gasteiger partial charge in [0.2, 0.25) is 0 Å². The number of hydrogen-bond acceptors (Lipinski definition) is 2. The Hall–Kier alpha value is -2.76. The molecule has 30 heavy (non-hydrogen) atoms. The summed E-state index contributed by atoms with van der Waals surface area (Å²) < 4.78 is 28.5. The van der Waals surface area contributed by atoms with Gasteiger partial charge in [0.15, 0.2) is 0 Å². The van der Waals surface area contributed by atoms with Crippen molar-refractivity contribution in [2.75, 3.05) is 13.1 Å². The lowest BCUT2D eigenvalue weighted by Gasteiger charge is -2.29. The number of carbonyl (C=O) groups is 2. The molecule has 0 saturated heterocycles. The fourth-order valence-electron chi connectivity index (χ4n) is 4.05. The van der Waals surface area contributed by atoms with Gasteiger partial charge >= 0.3 is 0 Å². The SMILES string of the molecule is CCN(CC)C(=O)c1ccc(C(=O)N(Cc2c(F)cccc2F)C2CCCC2)cc1. The Labute approximate surface area is 176 Å². The zero-order chi connectivity index (χ0) is 21.7. The summed E-state index contributed by atoms with van der Waals surface area (Å²) in [5.74, 6) is -1.65. The quantitative estimate of drug-likeness (QED) is 0.637. The van der Waals surface area contributed by atoms with E-state index in [-0.39, 0.29) is 30.0 Å². The number of amides is 2. The zero-order valence-electron chi connectivity index (χ0n) is 17.5. The number of halogens is 2. The monoisotopic (exact) mass is 414 g/mol. The molecule has 0 radical (unpaired) electrons. The minimum absolute atomic E-state index is 0.0477. The zero-order valence-corrected chi connectivity index (χ0v) is 17.5. The maximum absolute atomic E-state index is 14.2. The van der Waals surface area contributed by atoms with Crippen molar-refractivity contribution in [1.29, 1.82) is 0 Å². The average Bonchev–Trinajstić information content (AvgIpc) is 3.28. The number of benzene rings is 2. The van der Waals surface area contributed by atoms with Gasteiger partial charge in [0, 0.05) is 35.8 Å². The largest absolute Gasteiger partial charge is 0.339 e. The lowest BCUT2D eigenvalue weighted by molar-refractivity contribution is 0.0659. The van der Waals surface area contributed by atoms with Crippen molar-refractivity contribution in [3.63, 3.8) is 0 Å². The highest BCUT2D eigenvalue weighted by Gasteiger charge is 2.29. The van der Waals surface area contributed by atoms with Crippen LogP contribution in [0.2, 0.25) is 0 Å². The molecule has 1 aliphatic carbocycles. The number of carbonyl (C=O) groups excluding carboxylic acids is 2. The second-order valence-corrected chi connectivity index (χ2v) is 7.63. The maximum Gasteiger partial charge on any atom is 0.254 e. The molecule has 0 atom stereocenters. The molecule has 0 spiro atoms. The average molecular weight is 414 g/mol. The molecular formula is C24H28F2N2O2. The van der Waals surface area contributed by atoms with Gasteiger partial charge in [0.05, 0.1) is 6.54 Å². The first kappa shape index (κ1) is 21.9. The predicted octanol–water partition coefficient (Wildman–Crippen LogP) is 5.03. The minimum atomic E-state index is -0.647. The van der Waals surface area contributed by atoms with Crippen LogP contribution in [0.25, 0.3) is 0 Å². The van der Waals surface area contributed by atoms with E-state index in [2.05, 4.69) is 0 Å². The Morgan fingerprint density at radius 3 is 1.87 bits per heavy atom. The van der Waals surface area contributed by atoms with E-state index in [9.17, 15) is 18.4 Å². The number of nitrogens with zero attached hydrogens (tertiary/aromatic N) is 2. The van der Waals surface area contributed by atoms with Crippen molar-refractivity contribution in [1.82, 2.24) is 9.80 Å². The third-order valence-corrected chi connectivity index (χ3v) is 5.85. The first-order chi connectivity index (χ1) is 14.5. The molecule has 0 aliphatic heterocycles. The third-order valence-electron chi connectivity index (χ3n) is 5.85. The third kappa shape index (κ3) is 4.69. The van der Waals surface area contributed by atoms with Crippen LogP contribution in [0.1, 0.15) is 65.8 Å². The number of hydrogen-bond donors (Lipinski definition) is 0. The van der Waals surface area contributed by atoms with Gasteiger partial charge in [-0.1, -0.05) is 18.9 Å². The van der Waals surface area contributed by atoms with Crippen molar-refractivity contribution in [2.24, 2.45) is 0 Å². The summed E-state index contributed by atoms with van der Waals surface area (Å²) in [5.41, 5.74) is 0.837. The van der Waals surface area contributed by atoms with Crippen LogP contribution in [0.4, 0.5) is 8.78 Å². The van der Waals surface area contributed by atoms with E-state index >= 15 is 0 Å². The highest BCUT2D eigenvalue weighted by atomic mass is 19.1. The standard InChI is InChI=1S/C24H28F2N2O2/c1-3-27(4-2)23(29)17-12-14-18(15-13-17)24(30)28(19-8-5-6-9-19)16-20-21(25)10-7-11-22(20)26/h7,10-15,19H,3-6,8-9,16H2,1-2H3. The van der Waals surface area contributed by atoms with E-state index in [1.54, 1.807) is 34.1 Å². The maximum atomic E-state index is 14.2. The molecule has 2 amide bonds. The molecule has 0 N–H and O–H groups in total. The van der Waals surface area contributed by atoms with E-state index in [0.29, 0.717) is 24.2 Å². The Morgan fingerprint density at radius 1 is 0.867 bits per heavy atom. The Kier molecular flexibility index (Phi) is 7.19. The molecular weight excluding hydrogens is 386 g/mol. The van der Waals surface area contributed by atoms with Crippen molar-refractivity contribution in [3.05, 3.63) is 70.8 Å². The summed E-state index contributed by atoms with van der Waals surface area (Å²) in [4.78, 5) is 29.1. The first-order valence-electron chi connectivity index (χ1n) is 10.6. The summed E-state index contributed by atoms with van der Waals surface area (Å²) >= 11 is 0. The lowest BCUT2D eigenvalue weighted by atomic mass is 10.1. The van der Waals surface area contributed by atoms with Gasteiger partial charge in [0.25, 0.3) is 11.8 Å².